The second-order valence-corrected chi connectivity index (χ2v) is 5.01. The molecule has 7 heteroatoms. The number of hydrogen-bond acceptors (Lipinski definition) is 3. The van der Waals surface area contributed by atoms with E-state index in [0.29, 0.717) is 10.7 Å². The number of halogens is 2. The van der Waals surface area contributed by atoms with Gasteiger partial charge in [0.05, 0.1) is 21.3 Å². The minimum absolute atomic E-state index is 0.0578. The molecule has 0 aromatic heterocycles. The lowest BCUT2D eigenvalue weighted by Crippen LogP contribution is -2.15. The highest BCUT2D eigenvalue weighted by molar-refractivity contribution is 6.42. The second kappa shape index (κ2) is 6.03. The van der Waals surface area contributed by atoms with Crippen molar-refractivity contribution in [3.63, 3.8) is 0 Å². The molecular weight excluding hydrogens is 315 g/mol. The lowest BCUT2D eigenvalue weighted by atomic mass is 10.1. The van der Waals surface area contributed by atoms with Crippen LogP contribution in [0.4, 0.5) is 11.4 Å². The zero-order valence-corrected chi connectivity index (χ0v) is 12.1. The Labute approximate surface area is 130 Å². The van der Waals surface area contributed by atoms with E-state index in [-0.39, 0.29) is 21.8 Å². The minimum atomic E-state index is -1.17. The summed E-state index contributed by atoms with van der Waals surface area (Å²) in [4.78, 5) is 23.2. The highest BCUT2D eigenvalue weighted by Gasteiger charge is 2.14. The molecule has 0 fully saturated rings. The minimum Gasteiger partial charge on any atom is -0.478 e. The van der Waals surface area contributed by atoms with Gasteiger partial charge in [0.25, 0.3) is 5.91 Å². The molecule has 108 valence electrons. The lowest BCUT2D eigenvalue weighted by Gasteiger charge is -2.10. The predicted octanol–water partition coefficient (Wildman–Crippen LogP) is 3.53. The molecule has 2 rings (SSSR count). The fourth-order valence-corrected chi connectivity index (χ4v) is 1.98. The first-order valence-corrected chi connectivity index (χ1v) is 6.53. The molecule has 4 N–H and O–H groups in total. The Morgan fingerprint density at radius 1 is 1.05 bits per heavy atom. The molecule has 0 aliphatic heterocycles. The number of carboxylic acid groups (broad SMARTS) is 1. The Morgan fingerprint density at radius 2 is 1.76 bits per heavy atom. The van der Waals surface area contributed by atoms with Crippen molar-refractivity contribution < 1.29 is 14.7 Å². The largest absolute Gasteiger partial charge is 0.478 e. The van der Waals surface area contributed by atoms with Gasteiger partial charge in [-0.15, -0.1) is 0 Å². The number of amides is 1. The van der Waals surface area contributed by atoms with Gasteiger partial charge in [0.2, 0.25) is 0 Å². The third-order valence-electron chi connectivity index (χ3n) is 2.70. The van der Waals surface area contributed by atoms with Gasteiger partial charge in [0, 0.05) is 11.3 Å². The van der Waals surface area contributed by atoms with E-state index in [1.165, 1.54) is 36.4 Å². The molecule has 0 unspecified atom stereocenters. The maximum Gasteiger partial charge on any atom is 0.337 e. The number of nitrogen functional groups attached to an aromatic ring is 1. The maximum absolute atomic E-state index is 12.1. The van der Waals surface area contributed by atoms with Crippen molar-refractivity contribution in [2.75, 3.05) is 11.1 Å². The van der Waals surface area contributed by atoms with Crippen LogP contribution in [-0.2, 0) is 0 Å². The van der Waals surface area contributed by atoms with Crippen molar-refractivity contribution in [1.29, 1.82) is 0 Å². The van der Waals surface area contributed by atoms with Gasteiger partial charge in [0.1, 0.15) is 0 Å². The molecule has 1 amide bonds. The van der Waals surface area contributed by atoms with Gasteiger partial charge in [-0.3, -0.25) is 4.79 Å². The standard InChI is InChI=1S/C14H10Cl2N2O3/c15-10-4-1-7(5-11(10)16)13(19)18-12-6-8(17)2-3-9(12)14(20)21/h1-6H,17H2,(H,18,19)(H,20,21). The van der Waals surface area contributed by atoms with Gasteiger partial charge in [-0.25, -0.2) is 4.79 Å². The number of aromatic carboxylic acids is 1. The van der Waals surface area contributed by atoms with Crippen molar-refractivity contribution in [2.45, 2.75) is 0 Å². The van der Waals surface area contributed by atoms with Gasteiger partial charge in [0.15, 0.2) is 0 Å². The summed E-state index contributed by atoms with van der Waals surface area (Å²) in [6, 6.07) is 8.50. The normalized spacial score (nSPS) is 10.2. The smallest absolute Gasteiger partial charge is 0.337 e. The van der Waals surface area contributed by atoms with Crippen molar-refractivity contribution in [2.24, 2.45) is 0 Å². The first kappa shape index (κ1) is 15.2. The first-order chi connectivity index (χ1) is 9.88. The van der Waals surface area contributed by atoms with Crippen LogP contribution in [0.2, 0.25) is 10.0 Å². The van der Waals surface area contributed by atoms with Crippen LogP contribution in [0, 0.1) is 0 Å². The summed E-state index contributed by atoms with van der Waals surface area (Å²) in [5.74, 6) is -1.68. The SMILES string of the molecule is Nc1ccc(C(=O)O)c(NC(=O)c2ccc(Cl)c(Cl)c2)c1. The predicted molar refractivity (Wildman–Crippen MR) is 82.2 cm³/mol. The van der Waals surface area contributed by atoms with Gasteiger partial charge in [-0.1, -0.05) is 23.2 Å². The quantitative estimate of drug-likeness (QED) is 0.753. The molecule has 5 nitrogen and oxygen atoms in total. The van der Waals surface area contributed by atoms with Crippen molar-refractivity contribution in [1.82, 2.24) is 0 Å². The Kier molecular flexibility index (Phi) is 4.35. The van der Waals surface area contributed by atoms with Gasteiger partial charge in [-0.2, -0.15) is 0 Å². The number of nitrogens with one attached hydrogen (secondary N) is 1. The third kappa shape index (κ3) is 3.45. The van der Waals surface area contributed by atoms with Gasteiger partial charge < -0.3 is 16.2 Å². The number of anilines is 2. The average Bonchev–Trinajstić information content (AvgIpc) is 2.41. The number of hydrogen-bond donors (Lipinski definition) is 3. The average molecular weight is 325 g/mol. The van der Waals surface area contributed by atoms with E-state index in [2.05, 4.69) is 5.32 Å². The monoisotopic (exact) mass is 324 g/mol. The molecule has 0 atom stereocenters. The summed E-state index contributed by atoms with van der Waals surface area (Å²) in [5, 5.41) is 12.1. The number of carbonyl (C=O) groups is 2. The van der Waals surface area contributed by atoms with Crippen LogP contribution >= 0.6 is 23.2 Å². The maximum atomic E-state index is 12.1. The second-order valence-electron chi connectivity index (χ2n) is 4.19. The number of rotatable bonds is 3. The molecule has 0 aliphatic carbocycles. The van der Waals surface area contributed by atoms with E-state index in [1.54, 1.807) is 0 Å². The number of nitrogens with two attached hydrogens (primary N) is 1. The van der Waals surface area contributed by atoms with Crippen LogP contribution in [-0.4, -0.2) is 17.0 Å². The van der Waals surface area contributed by atoms with Gasteiger partial charge in [-0.05, 0) is 36.4 Å². The molecule has 2 aromatic rings. The highest BCUT2D eigenvalue weighted by atomic mass is 35.5. The Balaban J connectivity index is 2.33. The van der Waals surface area contributed by atoms with Crippen LogP contribution in [0.25, 0.3) is 0 Å². The summed E-state index contributed by atoms with van der Waals surface area (Å²) in [5.41, 5.74) is 6.25. The Morgan fingerprint density at radius 3 is 2.38 bits per heavy atom. The fraction of sp³-hybridized carbons (Fsp3) is 0. The Hall–Kier alpha value is -2.24. The van der Waals surface area contributed by atoms with Crippen molar-refractivity contribution in [3.8, 4) is 0 Å². The van der Waals surface area contributed by atoms with E-state index in [4.69, 9.17) is 34.0 Å². The molecule has 0 saturated carbocycles. The molecule has 0 bridgehead atoms. The zero-order chi connectivity index (χ0) is 15.6. The summed E-state index contributed by atoms with van der Waals surface area (Å²) < 4.78 is 0. The summed E-state index contributed by atoms with van der Waals surface area (Å²) in [6.45, 7) is 0. The molecule has 2 aromatic carbocycles. The van der Waals surface area contributed by atoms with Crippen LogP contribution < -0.4 is 11.1 Å². The molecule has 0 aliphatic rings. The van der Waals surface area contributed by atoms with Crippen LogP contribution in [0.5, 0.6) is 0 Å². The summed E-state index contributed by atoms with van der Waals surface area (Å²) >= 11 is 11.6. The lowest BCUT2D eigenvalue weighted by molar-refractivity contribution is 0.0698. The van der Waals surface area contributed by atoms with Crippen molar-refractivity contribution >= 4 is 46.5 Å². The van der Waals surface area contributed by atoms with E-state index in [9.17, 15) is 9.59 Å². The molecular formula is C14H10Cl2N2O3. The van der Waals surface area contributed by atoms with Crippen molar-refractivity contribution in [3.05, 3.63) is 57.6 Å². The van der Waals surface area contributed by atoms with Crippen LogP contribution in [0.15, 0.2) is 36.4 Å². The molecule has 0 saturated heterocycles. The van der Waals surface area contributed by atoms with Crippen LogP contribution in [0.1, 0.15) is 20.7 Å². The summed E-state index contributed by atoms with van der Waals surface area (Å²) in [6.07, 6.45) is 0. The molecule has 0 spiro atoms. The van der Waals surface area contributed by atoms with E-state index in [0.717, 1.165) is 0 Å². The zero-order valence-electron chi connectivity index (χ0n) is 10.6. The number of benzene rings is 2. The first-order valence-electron chi connectivity index (χ1n) is 5.77. The molecule has 0 radical (unpaired) electrons. The highest BCUT2D eigenvalue weighted by Crippen LogP contribution is 2.24. The molecule has 0 heterocycles. The fourth-order valence-electron chi connectivity index (χ4n) is 1.68. The van der Waals surface area contributed by atoms with E-state index < -0.39 is 11.9 Å². The summed E-state index contributed by atoms with van der Waals surface area (Å²) in [7, 11) is 0. The number of carbonyl (C=O) groups excluding carboxylic acids is 1. The van der Waals surface area contributed by atoms with E-state index in [1.807, 2.05) is 0 Å². The molecule has 21 heavy (non-hydrogen) atoms. The van der Waals surface area contributed by atoms with E-state index >= 15 is 0 Å². The third-order valence-corrected chi connectivity index (χ3v) is 3.44. The topological polar surface area (TPSA) is 92.4 Å². The van der Waals surface area contributed by atoms with Gasteiger partial charge >= 0.3 is 5.97 Å². The van der Waals surface area contributed by atoms with Crippen LogP contribution in [0.3, 0.4) is 0 Å². The number of carboxylic acids is 1. The Bertz CT molecular complexity index is 732.